The molecular formula is C19H26FNO. The summed E-state index contributed by atoms with van der Waals surface area (Å²) in [7, 11) is 0. The number of nitriles is 1. The summed E-state index contributed by atoms with van der Waals surface area (Å²) >= 11 is 0. The van der Waals surface area contributed by atoms with Crippen molar-refractivity contribution in [3.05, 3.63) is 29.6 Å². The lowest BCUT2D eigenvalue weighted by atomic mass is 9.80. The zero-order valence-corrected chi connectivity index (χ0v) is 13.5. The second-order valence-electron chi connectivity index (χ2n) is 6.45. The van der Waals surface area contributed by atoms with Crippen LogP contribution in [0.4, 0.5) is 4.39 Å². The van der Waals surface area contributed by atoms with Gasteiger partial charge in [-0.2, -0.15) is 5.26 Å². The number of benzene rings is 1. The number of unbranched alkanes of at least 4 members (excludes halogenated alkanes) is 2. The molecule has 0 amide bonds. The van der Waals surface area contributed by atoms with Crippen molar-refractivity contribution in [1.29, 1.82) is 5.26 Å². The average molecular weight is 303 g/mol. The monoisotopic (exact) mass is 303 g/mol. The van der Waals surface area contributed by atoms with Crippen LogP contribution in [0.2, 0.25) is 0 Å². The van der Waals surface area contributed by atoms with Crippen molar-refractivity contribution in [3.63, 3.8) is 0 Å². The first-order valence-corrected chi connectivity index (χ1v) is 8.55. The summed E-state index contributed by atoms with van der Waals surface area (Å²) in [6.45, 7) is 2.91. The van der Waals surface area contributed by atoms with Crippen LogP contribution in [0.25, 0.3) is 0 Å². The van der Waals surface area contributed by atoms with Gasteiger partial charge in [-0.1, -0.05) is 45.4 Å². The van der Waals surface area contributed by atoms with Gasteiger partial charge in [0.1, 0.15) is 17.6 Å². The summed E-state index contributed by atoms with van der Waals surface area (Å²) < 4.78 is 19.2. The zero-order valence-electron chi connectivity index (χ0n) is 13.5. The molecular weight excluding hydrogens is 277 g/mol. The van der Waals surface area contributed by atoms with Crippen molar-refractivity contribution in [2.45, 2.75) is 58.3 Å². The van der Waals surface area contributed by atoms with Crippen LogP contribution in [-0.2, 0) is 0 Å². The molecule has 0 spiro atoms. The molecule has 1 fully saturated rings. The summed E-state index contributed by atoms with van der Waals surface area (Å²) in [5.74, 6) is 1.51. The van der Waals surface area contributed by atoms with E-state index in [-0.39, 0.29) is 5.56 Å². The molecule has 0 aliphatic heterocycles. The average Bonchev–Trinajstić information content (AvgIpc) is 2.54. The van der Waals surface area contributed by atoms with E-state index in [2.05, 4.69) is 6.92 Å². The lowest BCUT2D eigenvalue weighted by Gasteiger charge is -2.28. The Morgan fingerprint density at radius 3 is 2.55 bits per heavy atom. The van der Waals surface area contributed by atoms with Crippen LogP contribution in [0, 0.1) is 29.0 Å². The van der Waals surface area contributed by atoms with E-state index in [0.717, 1.165) is 5.92 Å². The minimum atomic E-state index is -0.500. The summed E-state index contributed by atoms with van der Waals surface area (Å²) in [6, 6.07) is 6.30. The first-order chi connectivity index (χ1) is 10.7. The first-order valence-electron chi connectivity index (χ1n) is 8.55. The molecule has 0 aromatic heterocycles. The summed E-state index contributed by atoms with van der Waals surface area (Å²) in [5.41, 5.74) is 0.0694. The van der Waals surface area contributed by atoms with Gasteiger partial charge in [0.2, 0.25) is 0 Å². The molecule has 2 nitrogen and oxygen atoms in total. The smallest absolute Gasteiger partial charge is 0.144 e. The summed E-state index contributed by atoms with van der Waals surface area (Å²) in [5, 5.41) is 8.71. The molecule has 0 atom stereocenters. The predicted octanol–water partition coefficient (Wildman–Crippen LogP) is 5.46. The van der Waals surface area contributed by atoms with Gasteiger partial charge in [-0.25, -0.2) is 4.39 Å². The number of halogens is 1. The minimum Gasteiger partial charge on any atom is -0.493 e. The van der Waals surface area contributed by atoms with E-state index in [1.54, 1.807) is 6.07 Å². The van der Waals surface area contributed by atoms with Crippen molar-refractivity contribution in [1.82, 2.24) is 0 Å². The highest BCUT2D eigenvalue weighted by molar-refractivity contribution is 5.36. The Morgan fingerprint density at radius 1 is 1.18 bits per heavy atom. The molecule has 0 bridgehead atoms. The molecule has 0 radical (unpaired) electrons. The number of rotatable bonds is 7. The van der Waals surface area contributed by atoms with E-state index in [4.69, 9.17) is 10.00 Å². The molecule has 0 unspecified atom stereocenters. The Hall–Kier alpha value is -1.56. The molecule has 22 heavy (non-hydrogen) atoms. The van der Waals surface area contributed by atoms with Gasteiger partial charge in [0, 0.05) is 6.07 Å². The molecule has 1 aliphatic carbocycles. The van der Waals surface area contributed by atoms with E-state index >= 15 is 0 Å². The fourth-order valence-electron chi connectivity index (χ4n) is 3.26. The van der Waals surface area contributed by atoms with Gasteiger partial charge in [0.25, 0.3) is 0 Å². The number of hydrogen-bond donors (Lipinski definition) is 0. The minimum absolute atomic E-state index is 0.0694. The van der Waals surface area contributed by atoms with Gasteiger partial charge >= 0.3 is 0 Å². The second-order valence-corrected chi connectivity index (χ2v) is 6.45. The topological polar surface area (TPSA) is 33.0 Å². The Morgan fingerprint density at radius 2 is 1.91 bits per heavy atom. The fourth-order valence-corrected chi connectivity index (χ4v) is 3.26. The Labute approximate surface area is 133 Å². The third-order valence-electron chi connectivity index (χ3n) is 4.73. The standard InChI is InChI=1S/C19H26FNO/c1-2-3-4-5-15-6-8-16(9-7-15)14-22-18-11-10-17(13-21)19(20)12-18/h10-12,15-16H,2-9,14H2,1H3. The lowest BCUT2D eigenvalue weighted by molar-refractivity contribution is 0.177. The van der Waals surface area contributed by atoms with Crippen LogP contribution < -0.4 is 4.74 Å². The molecule has 120 valence electrons. The zero-order chi connectivity index (χ0) is 15.8. The van der Waals surface area contributed by atoms with Gasteiger partial charge in [-0.3, -0.25) is 0 Å². The first kappa shape index (κ1) is 16.8. The Bertz CT molecular complexity index is 501. The maximum atomic E-state index is 13.5. The van der Waals surface area contributed by atoms with E-state index < -0.39 is 5.82 Å². The Kier molecular flexibility index (Phi) is 6.71. The predicted molar refractivity (Wildman–Crippen MR) is 86.2 cm³/mol. The largest absolute Gasteiger partial charge is 0.493 e. The highest BCUT2D eigenvalue weighted by atomic mass is 19.1. The van der Waals surface area contributed by atoms with Crippen molar-refractivity contribution in [3.8, 4) is 11.8 Å². The molecule has 0 saturated heterocycles. The molecule has 2 rings (SSSR count). The summed E-state index contributed by atoms with van der Waals surface area (Å²) in [6.07, 6.45) is 10.4. The number of ether oxygens (including phenoxy) is 1. The van der Waals surface area contributed by atoms with Crippen LogP contribution in [0.15, 0.2) is 18.2 Å². The second kappa shape index (κ2) is 8.78. The maximum absolute atomic E-state index is 13.5. The third-order valence-corrected chi connectivity index (χ3v) is 4.73. The highest BCUT2D eigenvalue weighted by Gasteiger charge is 2.21. The van der Waals surface area contributed by atoms with Crippen LogP contribution in [0.1, 0.15) is 63.9 Å². The fraction of sp³-hybridized carbons (Fsp3) is 0.632. The van der Waals surface area contributed by atoms with Crippen LogP contribution in [0.5, 0.6) is 5.75 Å². The maximum Gasteiger partial charge on any atom is 0.144 e. The number of hydrogen-bond acceptors (Lipinski definition) is 2. The van der Waals surface area contributed by atoms with E-state index in [0.29, 0.717) is 18.3 Å². The van der Waals surface area contributed by atoms with Gasteiger partial charge in [-0.15, -0.1) is 0 Å². The molecule has 1 saturated carbocycles. The van der Waals surface area contributed by atoms with Crippen molar-refractivity contribution < 1.29 is 9.13 Å². The molecule has 1 aliphatic rings. The molecule has 1 aromatic carbocycles. The Balaban J connectivity index is 1.70. The van der Waals surface area contributed by atoms with Gasteiger partial charge in [-0.05, 0) is 36.8 Å². The van der Waals surface area contributed by atoms with Crippen LogP contribution in [-0.4, -0.2) is 6.61 Å². The lowest BCUT2D eigenvalue weighted by Crippen LogP contribution is -2.20. The van der Waals surface area contributed by atoms with Gasteiger partial charge in [0.15, 0.2) is 0 Å². The third kappa shape index (κ3) is 5.02. The molecule has 0 N–H and O–H groups in total. The van der Waals surface area contributed by atoms with Crippen molar-refractivity contribution in [2.24, 2.45) is 11.8 Å². The van der Waals surface area contributed by atoms with Crippen LogP contribution >= 0.6 is 0 Å². The summed E-state index contributed by atoms with van der Waals surface area (Å²) in [4.78, 5) is 0. The SMILES string of the molecule is CCCCCC1CCC(COc2ccc(C#N)c(F)c2)CC1. The van der Waals surface area contributed by atoms with E-state index in [1.807, 2.05) is 6.07 Å². The quantitative estimate of drug-likeness (QED) is 0.626. The van der Waals surface area contributed by atoms with Crippen molar-refractivity contribution >= 4 is 0 Å². The van der Waals surface area contributed by atoms with Gasteiger partial charge in [0.05, 0.1) is 12.2 Å². The number of nitrogens with zero attached hydrogens (tertiary/aromatic N) is 1. The molecule has 1 aromatic rings. The highest BCUT2D eigenvalue weighted by Crippen LogP contribution is 2.32. The molecule has 3 heteroatoms. The normalized spacial score (nSPS) is 21.3. The van der Waals surface area contributed by atoms with Crippen molar-refractivity contribution in [2.75, 3.05) is 6.61 Å². The van der Waals surface area contributed by atoms with Crippen LogP contribution in [0.3, 0.4) is 0 Å². The van der Waals surface area contributed by atoms with E-state index in [9.17, 15) is 4.39 Å². The van der Waals surface area contributed by atoms with Gasteiger partial charge < -0.3 is 4.74 Å². The molecule has 0 heterocycles. The van der Waals surface area contributed by atoms with E-state index in [1.165, 1.54) is 63.5 Å².